The van der Waals surface area contributed by atoms with Crippen LogP contribution in [0.5, 0.6) is 0 Å². The van der Waals surface area contributed by atoms with Crippen LogP contribution in [0.25, 0.3) is 11.3 Å². The molecule has 0 saturated carbocycles. The molecule has 166 valence electrons. The highest BCUT2D eigenvalue weighted by Gasteiger charge is 2.18. The zero-order valence-electron chi connectivity index (χ0n) is 17.8. The Balaban J connectivity index is 1.43. The largest absolute Gasteiger partial charge is 0.352 e. The molecule has 9 heteroatoms. The molecule has 0 radical (unpaired) electrons. The maximum absolute atomic E-state index is 13.2. The maximum atomic E-state index is 13.2. The molecule has 1 amide bonds. The molecule has 0 fully saturated rings. The molecular formula is C23H24FN5O3. The van der Waals surface area contributed by atoms with Crippen LogP contribution in [-0.4, -0.2) is 32.0 Å². The third-order valence-electron chi connectivity index (χ3n) is 5.61. The Kier molecular flexibility index (Phi) is 6.25. The number of aryl methyl sites for hydroxylation is 2. The van der Waals surface area contributed by atoms with Crippen molar-refractivity contribution in [3.63, 3.8) is 0 Å². The van der Waals surface area contributed by atoms with Crippen LogP contribution in [0.3, 0.4) is 0 Å². The fourth-order valence-corrected chi connectivity index (χ4v) is 3.78. The number of nitrogens with zero attached hydrogens (tertiary/aromatic N) is 4. The summed E-state index contributed by atoms with van der Waals surface area (Å²) in [6.07, 6.45) is 3.87. The van der Waals surface area contributed by atoms with E-state index in [-0.39, 0.29) is 24.5 Å². The second-order valence-corrected chi connectivity index (χ2v) is 7.86. The predicted molar refractivity (Wildman–Crippen MR) is 117 cm³/mol. The molecule has 2 heterocycles. The first-order valence-electron chi connectivity index (χ1n) is 10.7. The van der Waals surface area contributed by atoms with Crippen LogP contribution in [0.4, 0.5) is 4.39 Å². The fourth-order valence-electron chi connectivity index (χ4n) is 3.78. The Morgan fingerprint density at radius 2 is 1.81 bits per heavy atom. The van der Waals surface area contributed by atoms with E-state index in [1.807, 2.05) is 0 Å². The normalized spacial score (nSPS) is 13.9. The monoisotopic (exact) mass is 437 g/mol. The van der Waals surface area contributed by atoms with Gasteiger partial charge < -0.3 is 5.32 Å². The lowest BCUT2D eigenvalue weighted by Gasteiger charge is -2.17. The summed E-state index contributed by atoms with van der Waals surface area (Å²) in [4.78, 5) is 37.2. The average molecular weight is 437 g/mol. The lowest BCUT2D eigenvalue weighted by Crippen LogP contribution is -2.39. The van der Waals surface area contributed by atoms with Crippen molar-refractivity contribution >= 4 is 5.91 Å². The number of halogens is 1. The molecule has 0 bridgehead atoms. The van der Waals surface area contributed by atoms with Crippen LogP contribution in [0, 0.1) is 5.82 Å². The van der Waals surface area contributed by atoms with Crippen LogP contribution >= 0.6 is 0 Å². The third kappa shape index (κ3) is 4.66. The molecule has 3 aromatic rings. The van der Waals surface area contributed by atoms with E-state index in [4.69, 9.17) is 0 Å². The summed E-state index contributed by atoms with van der Waals surface area (Å²) in [5, 5.41) is 11.5. The van der Waals surface area contributed by atoms with Gasteiger partial charge in [0.05, 0.1) is 17.9 Å². The average Bonchev–Trinajstić information content (AvgIpc) is 2.80. The smallest absolute Gasteiger partial charge is 0.267 e. The van der Waals surface area contributed by atoms with Gasteiger partial charge in [-0.2, -0.15) is 10.2 Å². The van der Waals surface area contributed by atoms with Gasteiger partial charge in [-0.1, -0.05) is 0 Å². The predicted octanol–water partition coefficient (Wildman–Crippen LogP) is 1.86. The van der Waals surface area contributed by atoms with Gasteiger partial charge in [0.1, 0.15) is 11.9 Å². The Labute approximate surface area is 183 Å². The number of amides is 1. The van der Waals surface area contributed by atoms with Gasteiger partial charge in [-0.05, 0) is 68.5 Å². The highest BCUT2D eigenvalue weighted by molar-refractivity contribution is 5.79. The molecule has 1 aliphatic rings. The molecular weight excluding hydrogens is 413 g/mol. The number of rotatable bonds is 6. The number of aromatic nitrogens is 4. The van der Waals surface area contributed by atoms with Crippen molar-refractivity contribution in [3.05, 3.63) is 80.2 Å². The van der Waals surface area contributed by atoms with E-state index in [9.17, 15) is 18.8 Å². The molecule has 0 saturated heterocycles. The van der Waals surface area contributed by atoms with E-state index >= 15 is 0 Å². The molecule has 1 atom stereocenters. The molecule has 0 aliphatic heterocycles. The van der Waals surface area contributed by atoms with Gasteiger partial charge in [0.15, 0.2) is 0 Å². The van der Waals surface area contributed by atoms with Gasteiger partial charge in [-0.3, -0.25) is 14.4 Å². The van der Waals surface area contributed by atoms with Crippen LogP contribution in [0.1, 0.15) is 37.1 Å². The number of carbonyl (C=O) groups excluding carboxylic acids is 1. The zero-order chi connectivity index (χ0) is 22.7. The molecule has 2 aromatic heterocycles. The van der Waals surface area contributed by atoms with Crippen molar-refractivity contribution in [2.75, 3.05) is 6.54 Å². The van der Waals surface area contributed by atoms with Gasteiger partial charge in [0.25, 0.3) is 11.1 Å². The summed E-state index contributed by atoms with van der Waals surface area (Å²) in [6, 6.07) is 9.35. The van der Waals surface area contributed by atoms with Gasteiger partial charge >= 0.3 is 0 Å². The van der Waals surface area contributed by atoms with Crippen LogP contribution < -0.4 is 16.4 Å². The molecule has 1 aromatic carbocycles. The summed E-state index contributed by atoms with van der Waals surface area (Å²) in [5.74, 6) is -0.774. The highest BCUT2D eigenvalue weighted by atomic mass is 19.1. The topological polar surface area (TPSA) is 98.9 Å². The first kappa shape index (κ1) is 21.6. The van der Waals surface area contributed by atoms with E-state index < -0.39 is 17.5 Å². The van der Waals surface area contributed by atoms with E-state index in [0.717, 1.165) is 41.6 Å². The van der Waals surface area contributed by atoms with E-state index in [0.29, 0.717) is 11.3 Å². The van der Waals surface area contributed by atoms with Crippen LogP contribution in [0.2, 0.25) is 0 Å². The summed E-state index contributed by atoms with van der Waals surface area (Å²) in [5.41, 5.74) is 2.44. The van der Waals surface area contributed by atoms with Crippen molar-refractivity contribution in [3.8, 4) is 11.3 Å². The van der Waals surface area contributed by atoms with Crippen molar-refractivity contribution in [2.24, 2.45) is 0 Å². The fraction of sp³-hybridized carbons (Fsp3) is 0.348. The highest BCUT2D eigenvalue weighted by Crippen LogP contribution is 2.17. The number of hydrogen-bond donors (Lipinski definition) is 1. The van der Waals surface area contributed by atoms with Crippen LogP contribution in [-0.2, 0) is 24.2 Å². The summed E-state index contributed by atoms with van der Waals surface area (Å²) in [6.45, 7) is 2.01. The molecule has 8 nitrogen and oxygen atoms in total. The standard InChI is InChI=1S/C23H24FN5O3/c1-15(29-21(30)11-10-20(27-29)16-6-8-18(24)9-7-16)23(32)25-12-13-28-22(31)14-17-4-2-3-5-19(17)26-28/h6-11,14-15H,2-5,12-13H2,1H3,(H,25,32). The number of nitrogens with one attached hydrogen (secondary N) is 1. The second-order valence-electron chi connectivity index (χ2n) is 7.86. The minimum atomic E-state index is -0.865. The van der Waals surface area contributed by atoms with Gasteiger partial charge in [-0.25, -0.2) is 13.8 Å². The van der Waals surface area contributed by atoms with Crippen LogP contribution in [0.15, 0.2) is 52.1 Å². The van der Waals surface area contributed by atoms with Crippen molar-refractivity contribution in [1.29, 1.82) is 0 Å². The van der Waals surface area contributed by atoms with Crippen molar-refractivity contribution < 1.29 is 9.18 Å². The summed E-state index contributed by atoms with van der Waals surface area (Å²) in [7, 11) is 0. The molecule has 1 N–H and O–H groups in total. The maximum Gasteiger partial charge on any atom is 0.267 e. The molecule has 32 heavy (non-hydrogen) atoms. The molecule has 0 spiro atoms. The SMILES string of the molecule is CC(C(=O)NCCn1nc2c(cc1=O)CCCC2)n1nc(-c2ccc(F)cc2)ccc1=O. The number of hydrogen-bond acceptors (Lipinski definition) is 5. The van der Waals surface area contributed by atoms with Gasteiger partial charge in [-0.15, -0.1) is 0 Å². The third-order valence-corrected chi connectivity index (χ3v) is 5.61. The van der Waals surface area contributed by atoms with Gasteiger partial charge in [0, 0.05) is 24.2 Å². The Morgan fingerprint density at radius 3 is 2.59 bits per heavy atom. The zero-order valence-corrected chi connectivity index (χ0v) is 17.8. The Hall–Kier alpha value is -3.62. The van der Waals surface area contributed by atoms with E-state index in [1.54, 1.807) is 25.1 Å². The van der Waals surface area contributed by atoms with E-state index in [2.05, 4.69) is 15.5 Å². The molecule has 1 aliphatic carbocycles. The van der Waals surface area contributed by atoms with Crippen molar-refractivity contribution in [1.82, 2.24) is 24.9 Å². The summed E-state index contributed by atoms with van der Waals surface area (Å²) >= 11 is 0. The molecule has 1 unspecified atom stereocenters. The summed E-state index contributed by atoms with van der Waals surface area (Å²) < 4.78 is 15.6. The minimum Gasteiger partial charge on any atom is -0.352 e. The van der Waals surface area contributed by atoms with E-state index in [1.165, 1.54) is 28.9 Å². The quantitative estimate of drug-likeness (QED) is 0.635. The van der Waals surface area contributed by atoms with Gasteiger partial charge in [0.2, 0.25) is 5.91 Å². The lowest BCUT2D eigenvalue weighted by atomic mass is 9.97. The number of fused-ring (bicyclic) bond motifs is 1. The van der Waals surface area contributed by atoms with Crippen molar-refractivity contribution in [2.45, 2.75) is 45.2 Å². The first-order valence-corrected chi connectivity index (χ1v) is 10.7. The lowest BCUT2D eigenvalue weighted by molar-refractivity contribution is -0.124. The Bertz CT molecular complexity index is 1250. The Morgan fingerprint density at radius 1 is 1.06 bits per heavy atom. The second kappa shape index (κ2) is 9.25. The number of benzene rings is 1. The number of carbonyl (C=O) groups is 1. The molecule has 4 rings (SSSR count). The first-order chi connectivity index (χ1) is 15.4. The minimum absolute atomic E-state index is 0.183.